The SMILES string of the molecule is O=C(Cn1ncc2ccccc2c1=O)N1CCN(c2ccccc2F)CC1. The van der Waals surface area contributed by atoms with Crippen LogP contribution in [0.25, 0.3) is 10.8 Å². The van der Waals surface area contributed by atoms with E-state index in [1.54, 1.807) is 41.4 Å². The molecule has 0 bridgehead atoms. The number of rotatable bonds is 3. The van der Waals surface area contributed by atoms with Crippen LogP contribution < -0.4 is 10.5 Å². The van der Waals surface area contributed by atoms with Crippen LogP contribution in [0, 0.1) is 5.82 Å². The second kappa shape index (κ2) is 7.19. The maximum Gasteiger partial charge on any atom is 0.275 e. The van der Waals surface area contributed by atoms with Gasteiger partial charge < -0.3 is 9.80 Å². The van der Waals surface area contributed by atoms with Crippen molar-refractivity contribution in [1.82, 2.24) is 14.7 Å². The Hall–Kier alpha value is -3.22. The van der Waals surface area contributed by atoms with Crippen molar-refractivity contribution >= 4 is 22.4 Å². The van der Waals surface area contributed by atoms with Crippen LogP contribution in [0.1, 0.15) is 0 Å². The fraction of sp³-hybridized carbons (Fsp3) is 0.250. The Kier molecular flexibility index (Phi) is 4.58. The smallest absolute Gasteiger partial charge is 0.275 e. The summed E-state index contributed by atoms with van der Waals surface area (Å²) in [6, 6.07) is 13.8. The van der Waals surface area contributed by atoms with Gasteiger partial charge >= 0.3 is 0 Å². The highest BCUT2D eigenvalue weighted by atomic mass is 19.1. The molecule has 6 nitrogen and oxygen atoms in total. The molecule has 4 rings (SSSR count). The summed E-state index contributed by atoms with van der Waals surface area (Å²) in [6.45, 7) is 1.97. The summed E-state index contributed by atoms with van der Waals surface area (Å²) in [5, 5.41) is 5.41. The molecule has 0 saturated carbocycles. The lowest BCUT2D eigenvalue weighted by molar-refractivity contribution is -0.132. The molecular weight excluding hydrogens is 347 g/mol. The van der Waals surface area contributed by atoms with Crippen LogP contribution in [0.2, 0.25) is 0 Å². The van der Waals surface area contributed by atoms with Gasteiger partial charge in [0.05, 0.1) is 17.3 Å². The van der Waals surface area contributed by atoms with Crippen molar-refractivity contribution in [2.75, 3.05) is 31.1 Å². The van der Waals surface area contributed by atoms with Gasteiger partial charge in [-0.2, -0.15) is 5.10 Å². The number of aromatic nitrogens is 2. The topological polar surface area (TPSA) is 58.4 Å². The fourth-order valence-electron chi connectivity index (χ4n) is 3.37. The lowest BCUT2D eigenvalue weighted by atomic mass is 10.2. The predicted octanol–water partition coefficient (Wildman–Crippen LogP) is 1.88. The zero-order chi connectivity index (χ0) is 18.8. The summed E-state index contributed by atoms with van der Waals surface area (Å²) >= 11 is 0. The minimum Gasteiger partial charge on any atom is -0.366 e. The second-order valence-corrected chi connectivity index (χ2v) is 6.51. The maximum atomic E-state index is 13.9. The molecule has 1 aromatic heterocycles. The molecule has 138 valence electrons. The molecule has 1 saturated heterocycles. The van der Waals surface area contributed by atoms with Crippen LogP contribution in [0.3, 0.4) is 0 Å². The summed E-state index contributed by atoms with van der Waals surface area (Å²) in [6.07, 6.45) is 1.60. The van der Waals surface area contributed by atoms with Gasteiger partial charge in [0.25, 0.3) is 5.56 Å². The van der Waals surface area contributed by atoms with Crippen LogP contribution in [-0.4, -0.2) is 46.8 Å². The Morgan fingerprint density at radius 3 is 2.48 bits per heavy atom. The van der Waals surface area contributed by atoms with Crippen LogP contribution in [0.15, 0.2) is 59.5 Å². The van der Waals surface area contributed by atoms with Gasteiger partial charge in [-0.15, -0.1) is 0 Å². The quantitative estimate of drug-likeness (QED) is 0.710. The summed E-state index contributed by atoms with van der Waals surface area (Å²) < 4.78 is 15.1. The molecule has 1 fully saturated rings. The minimum atomic E-state index is -0.272. The van der Waals surface area contributed by atoms with Crippen molar-refractivity contribution in [3.05, 3.63) is 70.9 Å². The van der Waals surface area contributed by atoms with E-state index in [2.05, 4.69) is 5.10 Å². The summed E-state index contributed by atoms with van der Waals surface area (Å²) in [7, 11) is 0. The average Bonchev–Trinajstić information content (AvgIpc) is 2.71. The number of carbonyl (C=O) groups excluding carboxylic acids is 1. The first-order chi connectivity index (χ1) is 13.1. The van der Waals surface area contributed by atoms with Crippen molar-refractivity contribution in [2.45, 2.75) is 6.54 Å². The van der Waals surface area contributed by atoms with E-state index in [1.807, 2.05) is 17.0 Å². The van der Waals surface area contributed by atoms with Crippen LogP contribution in [0.5, 0.6) is 0 Å². The van der Waals surface area contributed by atoms with Gasteiger partial charge in [-0.1, -0.05) is 30.3 Å². The Morgan fingerprint density at radius 1 is 1.00 bits per heavy atom. The molecule has 2 aromatic carbocycles. The zero-order valence-corrected chi connectivity index (χ0v) is 14.7. The predicted molar refractivity (Wildman–Crippen MR) is 101 cm³/mol. The lowest BCUT2D eigenvalue weighted by Crippen LogP contribution is -2.50. The molecule has 1 aliphatic rings. The standard InChI is InChI=1S/C20H19FN4O2/c21-17-7-3-4-8-18(17)23-9-11-24(12-10-23)19(26)14-25-20(27)16-6-2-1-5-15(16)13-22-25/h1-8,13H,9-12,14H2. The third kappa shape index (κ3) is 3.40. The highest BCUT2D eigenvalue weighted by molar-refractivity contribution is 5.81. The Morgan fingerprint density at radius 2 is 1.70 bits per heavy atom. The van der Waals surface area contributed by atoms with E-state index in [4.69, 9.17) is 0 Å². The van der Waals surface area contributed by atoms with Crippen molar-refractivity contribution in [3.63, 3.8) is 0 Å². The molecule has 1 amide bonds. The number of piperazine rings is 1. The van der Waals surface area contributed by atoms with Gasteiger partial charge in [0.2, 0.25) is 5.91 Å². The number of carbonyl (C=O) groups is 1. The Labute approximate surface area is 155 Å². The van der Waals surface area contributed by atoms with E-state index < -0.39 is 0 Å². The minimum absolute atomic E-state index is 0.0939. The highest BCUT2D eigenvalue weighted by Crippen LogP contribution is 2.20. The van der Waals surface area contributed by atoms with Gasteiger partial charge in [0.1, 0.15) is 12.4 Å². The van der Waals surface area contributed by atoms with Gasteiger partial charge in [0, 0.05) is 31.6 Å². The molecule has 7 heteroatoms. The van der Waals surface area contributed by atoms with Gasteiger partial charge in [0.15, 0.2) is 0 Å². The number of halogens is 1. The van der Waals surface area contributed by atoms with Crippen molar-refractivity contribution < 1.29 is 9.18 Å². The number of amides is 1. The zero-order valence-electron chi connectivity index (χ0n) is 14.7. The van der Waals surface area contributed by atoms with E-state index in [1.165, 1.54) is 10.7 Å². The number of nitrogens with zero attached hydrogens (tertiary/aromatic N) is 4. The normalized spacial score (nSPS) is 14.6. The summed E-state index contributed by atoms with van der Waals surface area (Å²) in [5.41, 5.74) is 0.281. The molecule has 27 heavy (non-hydrogen) atoms. The largest absolute Gasteiger partial charge is 0.366 e. The molecule has 2 heterocycles. The molecule has 0 atom stereocenters. The molecule has 0 aliphatic carbocycles. The van der Waals surface area contributed by atoms with Crippen LogP contribution in [0.4, 0.5) is 10.1 Å². The number of hydrogen-bond donors (Lipinski definition) is 0. The van der Waals surface area contributed by atoms with E-state index in [-0.39, 0.29) is 23.8 Å². The monoisotopic (exact) mass is 366 g/mol. The Balaban J connectivity index is 1.44. The molecule has 3 aromatic rings. The number of para-hydroxylation sites is 1. The summed E-state index contributed by atoms with van der Waals surface area (Å²) in [4.78, 5) is 28.7. The second-order valence-electron chi connectivity index (χ2n) is 6.51. The van der Waals surface area contributed by atoms with Crippen molar-refractivity contribution in [1.29, 1.82) is 0 Å². The van der Waals surface area contributed by atoms with Crippen molar-refractivity contribution in [3.8, 4) is 0 Å². The number of anilines is 1. The highest BCUT2D eigenvalue weighted by Gasteiger charge is 2.23. The number of benzene rings is 2. The first kappa shape index (κ1) is 17.2. The molecule has 1 aliphatic heterocycles. The summed E-state index contributed by atoms with van der Waals surface area (Å²) in [5.74, 6) is -0.419. The fourth-order valence-corrected chi connectivity index (χ4v) is 3.37. The van der Waals surface area contributed by atoms with Crippen LogP contribution >= 0.6 is 0 Å². The number of hydrogen-bond acceptors (Lipinski definition) is 4. The van der Waals surface area contributed by atoms with E-state index in [0.717, 1.165) is 5.39 Å². The Bertz CT molecular complexity index is 1040. The third-order valence-corrected chi connectivity index (χ3v) is 4.87. The molecule has 0 N–H and O–H groups in total. The first-order valence-electron chi connectivity index (χ1n) is 8.85. The first-order valence-corrected chi connectivity index (χ1v) is 8.85. The molecule has 0 radical (unpaired) electrons. The third-order valence-electron chi connectivity index (χ3n) is 4.87. The molecule has 0 spiro atoms. The lowest BCUT2D eigenvalue weighted by Gasteiger charge is -2.36. The van der Waals surface area contributed by atoms with Crippen molar-refractivity contribution in [2.24, 2.45) is 0 Å². The van der Waals surface area contributed by atoms with E-state index in [0.29, 0.717) is 37.3 Å². The molecule has 0 unspecified atom stereocenters. The van der Waals surface area contributed by atoms with Gasteiger partial charge in [-0.05, 0) is 18.2 Å². The van der Waals surface area contributed by atoms with E-state index in [9.17, 15) is 14.0 Å². The average molecular weight is 366 g/mol. The van der Waals surface area contributed by atoms with Crippen LogP contribution in [-0.2, 0) is 11.3 Å². The van der Waals surface area contributed by atoms with Gasteiger partial charge in [-0.3, -0.25) is 9.59 Å². The molecular formula is C20H19FN4O2. The number of fused-ring (bicyclic) bond motifs is 1. The maximum absolute atomic E-state index is 13.9. The van der Waals surface area contributed by atoms with E-state index >= 15 is 0 Å². The van der Waals surface area contributed by atoms with Gasteiger partial charge in [-0.25, -0.2) is 9.07 Å².